The van der Waals surface area contributed by atoms with E-state index in [1.807, 2.05) is 0 Å². The van der Waals surface area contributed by atoms with Gasteiger partial charge in [0.05, 0.1) is 13.3 Å². The summed E-state index contributed by atoms with van der Waals surface area (Å²) < 4.78 is 11.7. The third-order valence-electron chi connectivity index (χ3n) is 2.44. The summed E-state index contributed by atoms with van der Waals surface area (Å²) in [6, 6.07) is 1.04. The van der Waals surface area contributed by atoms with Crippen molar-refractivity contribution in [2.24, 2.45) is 0 Å². The van der Waals surface area contributed by atoms with E-state index < -0.39 is 14.0 Å². The lowest BCUT2D eigenvalue weighted by atomic mass is 10.4. The first kappa shape index (κ1) is 14.7. The van der Waals surface area contributed by atoms with Crippen LogP contribution in [0.1, 0.15) is 10.5 Å². The quantitative estimate of drug-likeness (QED) is 0.606. The summed E-state index contributed by atoms with van der Waals surface area (Å²) in [5, 5.41) is 13.0. The van der Waals surface area contributed by atoms with E-state index in [1.165, 1.54) is 18.0 Å². The fraction of sp³-hybridized carbons (Fsp3) is 0.636. The van der Waals surface area contributed by atoms with Gasteiger partial charge in [-0.05, 0) is 6.04 Å². The van der Waals surface area contributed by atoms with Gasteiger partial charge >= 0.3 is 5.97 Å². The lowest BCUT2D eigenvalue weighted by molar-refractivity contribution is 0.0586. The number of nitrogens with zero attached hydrogens (tertiary/aromatic N) is 2. The second-order valence-corrected chi connectivity index (χ2v) is 10.8. The minimum Gasteiger partial charge on any atom is -0.493 e. The van der Waals surface area contributed by atoms with Crippen LogP contribution in [-0.4, -0.2) is 42.6 Å². The van der Waals surface area contributed by atoms with E-state index in [0.717, 1.165) is 6.04 Å². The van der Waals surface area contributed by atoms with Crippen LogP contribution in [-0.2, 0) is 11.5 Å². The molecule has 0 aliphatic carbocycles. The molecule has 0 spiro atoms. The number of aromatic carboxylic acids is 1. The molecule has 0 radical (unpaired) electrons. The molecule has 0 atom stereocenters. The standard InChI is InChI=1S/C11H20N2O4Si/c1-16-9-7-12-13(10(9)11(14)15)8-17-5-6-18(2,3)4/h7H,5-6,8H2,1-4H3,(H,14,15). The van der Waals surface area contributed by atoms with Gasteiger partial charge in [0.1, 0.15) is 6.73 Å². The van der Waals surface area contributed by atoms with Crippen molar-refractivity contribution < 1.29 is 19.4 Å². The molecule has 0 aromatic carbocycles. The van der Waals surface area contributed by atoms with Crippen molar-refractivity contribution in [3.63, 3.8) is 0 Å². The van der Waals surface area contributed by atoms with Crippen LogP contribution in [0.25, 0.3) is 0 Å². The highest BCUT2D eigenvalue weighted by molar-refractivity contribution is 6.76. The van der Waals surface area contributed by atoms with Crippen LogP contribution in [0.15, 0.2) is 6.20 Å². The van der Waals surface area contributed by atoms with Crippen LogP contribution in [0.2, 0.25) is 25.7 Å². The first-order valence-electron chi connectivity index (χ1n) is 5.76. The zero-order chi connectivity index (χ0) is 13.8. The molecule has 0 saturated carbocycles. The van der Waals surface area contributed by atoms with Crippen molar-refractivity contribution >= 4 is 14.0 Å². The molecule has 1 rings (SSSR count). The average molecular weight is 272 g/mol. The third kappa shape index (κ3) is 4.15. The Bertz CT molecular complexity index is 412. The van der Waals surface area contributed by atoms with E-state index in [1.54, 1.807) is 0 Å². The van der Waals surface area contributed by atoms with E-state index in [2.05, 4.69) is 24.7 Å². The van der Waals surface area contributed by atoms with Gasteiger partial charge in [-0.1, -0.05) is 19.6 Å². The molecule has 0 aliphatic heterocycles. The number of aromatic nitrogens is 2. The Morgan fingerprint density at radius 1 is 1.50 bits per heavy atom. The average Bonchev–Trinajstić information content (AvgIpc) is 2.66. The number of ether oxygens (including phenoxy) is 2. The lowest BCUT2D eigenvalue weighted by Gasteiger charge is -2.15. The smallest absolute Gasteiger partial charge is 0.358 e. The molecule has 0 aliphatic rings. The highest BCUT2D eigenvalue weighted by atomic mass is 28.3. The van der Waals surface area contributed by atoms with Crippen molar-refractivity contribution in [1.82, 2.24) is 9.78 Å². The first-order chi connectivity index (χ1) is 8.35. The Labute approximate surface area is 108 Å². The fourth-order valence-corrected chi connectivity index (χ4v) is 2.12. The number of hydrogen-bond acceptors (Lipinski definition) is 4. The maximum absolute atomic E-state index is 11.1. The summed E-state index contributed by atoms with van der Waals surface area (Å²) in [5.74, 6) is -0.825. The molecule has 7 heteroatoms. The molecular formula is C11H20N2O4Si. The Morgan fingerprint density at radius 3 is 2.67 bits per heavy atom. The van der Waals surface area contributed by atoms with Crippen molar-refractivity contribution in [1.29, 1.82) is 0 Å². The third-order valence-corrected chi connectivity index (χ3v) is 4.14. The van der Waals surface area contributed by atoms with Gasteiger partial charge in [-0.25, -0.2) is 9.48 Å². The SMILES string of the molecule is COc1cnn(COCC[Si](C)(C)C)c1C(=O)O. The van der Waals surface area contributed by atoms with Crippen molar-refractivity contribution in [3.8, 4) is 5.75 Å². The van der Waals surface area contributed by atoms with Crippen LogP contribution < -0.4 is 4.74 Å². The molecule has 0 fully saturated rings. The fourth-order valence-electron chi connectivity index (χ4n) is 1.36. The van der Waals surface area contributed by atoms with Crippen molar-refractivity contribution in [2.45, 2.75) is 32.4 Å². The van der Waals surface area contributed by atoms with E-state index in [-0.39, 0.29) is 18.2 Å². The minimum absolute atomic E-state index is 0.0190. The van der Waals surface area contributed by atoms with E-state index in [4.69, 9.17) is 14.6 Å². The maximum atomic E-state index is 11.1. The predicted molar refractivity (Wildman–Crippen MR) is 69.8 cm³/mol. The van der Waals surface area contributed by atoms with E-state index in [0.29, 0.717) is 6.61 Å². The lowest BCUT2D eigenvalue weighted by Crippen LogP contribution is -2.22. The molecule has 18 heavy (non-hydrogen) atoms. The molecule has 1 aromatic rings. The zero-order valence-corrected chi connectivity index (χ0v) is 12.3. The number of carboxylic acids is 1. The molecular weight excluding hydrogens is 252 g/mol. The number of carboxylic acid groups (broad SMARTS) is 1. The summed E-state index contributed by atoms with van der Waals surface area (Å²) in [6.45, 7) is 7.54. The summed E-state index contributed by atoms with van der Waals surface area (Å²) in [6.07, 6.45) is 1.38. The van der Waals surface area contributed by atoms with Gasteiger partial charge in [-0.15, -0.1) is 0 Å². The van der Waals surface area contributed by atoms with Crippen LogP contribution >= 0.6 is 0 Å². The summed E-state index contributed by atoms with van der Waals surface area (Å²) in [7, 11) is 0.288. The van der Waals surface area contributed by atoms with Gasteiger partial charge in [-0.3, -0.25) is 0 Å². The Balaban J connectivity index is 2.57. The number of carbonyl (C=O) groups is 1. The van der Waals surface area contributed by atoms with E-state index >= 15 is 0 Å². The summed E-state index contributed by atoms with van der Waals surface area (Å²) in [4.78, 5) is 11.1. The monoisotopic (exact) mass is 272 g/mol. The largest absolute Gasteiger partial charge is 0.493 e. The normalized spacial score (nSPS) is 11.6. The number of rotatable bonds is 7. The number of hydrogen-bond donors (Lipinski definition) is 1. The molecule has 0 saturated heterocycles. The van der Waals surface area contributed by atoms with Gasteiger partial charge in [0.2, 0.25) is 0 Å². The predicted octanol–water partition coefficient (Wildman–Crippen LogP) is 1.90. The maximum Gasteiger partial charge on any atom is 0.358 e. The molecule has 1 heterocycles. The minimum atomic E-state index is -1.13. The Kier molecular flexibility index (Phi) is 4.91. The highest BCUT2D eigenvalue weighted by Gasteiger charge is 2.19. The van der Waals surface area contributed by atoms with Crippen LogP contribution in [0.3, 0.4) is 0 Å². The van der Waals surface area contributed by atoms with Gasteiger partial charge in [0, 0.05) is 14.7 Å². The van der Waals surface area contributed by atoms with Crippen LogP contribution in [0, 0.1) is 0 Å². The molecule has 0 bridgehead atoms. The highest BCUT2D eigenvalue weighted by Crippen LogP contribution is 2.17. The Hall–Kier alpha value is -1.34. The van der Waals surface area contributed by atoms with Crippen molar-refractivity contribution in [2.75, 3.05) is 13.7 Å². The first-order valence-corrected chi connectivity index (χ1v) is 9.46. The topological polar surface area (TPSA) is 73.6 Å². The van der Waals surface area contributed by atoms with Crippen LogP contribution in [0.5, 0.6) is 5.75 Å². The van der Waals surface area contributed by atoms with E-state index in [9.17, 15) is 4.79 Å². The molecule has 1 aromatic heterocycles. The number of methoxy groups -OCH3 is 1. The molecule has 1 N–H and O–H groups in total. The van der Waals surface area contributed by atoms with Crippen molar-refractivity contribution in [3.05, 3.63) is 11.9 Å². The van der Waals surface area contributed by atoms with Gasteiger partial charge < -0.3 is 14.6 Å². The second kappa shape index (κ2) is 6.01. The van der Waals surface area contributed by atoms with Gasteiger partial charge in [0.15, 0.2) is 11.4 Å². The molecule has 0 amide bonds. The summed E-state index contributed by atoms with van der Waals surface area (Å²) >= 11 is 0. The zero-order valence-electron chi connectivity index (χ0n) is 11.3. The molecule has 6 nitrogen and oxygen atoms in total. The summed E-state index contributed by atoms with van der Waals surface area (Å²) in [5.41, 5.74) is 0.0190. The van der Waals surface area contributed by atoms with Gasteiger partial charge in [-0.2, -0.15) is 5.10 Å². The molecule has 0 unspecified atom stereocenters. The molecule has 102 valence electrons. The van der Waals surface area contributed by atoms with Gasteiger partial charge in [0.25, 0.3) is 0 Å². The second-order valence-electron chi connectivity index (χ2n) is 5.21. The van der Waals surface area contributed by atoms with Crippen LogP contribution in [0.4, 0.5) is 0 Å². The Morgan fingerprint density at radius 2 is 2.17 bits per heavy atom.